The van der Waals surface area contributed by atoms with Crippen LogP contribution in [-0.2, 0) is 13.0 Å². The zero-order valence-corrected chi connectivity index (χ0v) is 9.21. The monoisotopic (exact) mass is 223 g/mol. The van der Waals surface area contributed by atoms with E-state index < -0.39 is 0 Å². The molecule has 7 nitrogen and oxygen atoms in total. The summed E-state index contributed by atoms with van der Waals surface area (Å²) in [6.07, 6.45) is 0.564. The molecule has 1 N–H and O–H groups in total. The summed E-state index contributed by atoms with van der Waals surface area (Å²) in [5, 5.41) is 24.0. The number of rotatable bonds is 4. The molecule has 16 heavy (non-hydrogen) atoms. The molecule has 86 valence electrons. The molecule has 0 saturated heterocycles. The first kappa shape index (κ1) is 10.7. The van der Waals surface area contributed by atoms with Gasteiger partial charge in [-0.15, -0.1) is 5.10 Å². The van der Waals surface area contributed by atoms with Crippen LogP contribution >= 0.6 is 0 Å². The lowest BCUT2D eigenvalue weighted by atomic mass is 10.1. The van der Waals surface area contributed by atoms with Crippen molar-refractivity contribution in [1.82, 2.24) is 25.4 Å². The van der Waals surface area contributed by atoms with Crippen molar-refractivity contribution in [3.8, 4) is 0 Å². The minimum atomic E-state index is 0.0135. The maximum atomic E-state index is 8.85. The molecule has 0 unspecified atom stereocenters. The van der Waals surface area contributed by atoms with Gasteiger partial charge in [-0.1, -0.05) is 5.16 Å². The number of aryl methyl sites for hydroxylation is 2. The summed E-state index contributed by atoms with van der Waals surface area (Å²) < 4.78 is 6.64. The summed E-state index contributed by atoms with van der Waals surface area (Å²) in [6.45, 7) is 4.15. The fourth-order valence-electron chi connectivity index (χ4n) is 1.53. The van der Waals surface area contributed by atoms with Crippen molar-refractivity contribution >= 4 is 0 Å². The van der Waals surface area contributed by atoms with Crippen molar-refractivity contribution < 1.29 is 9.63 Å². The Labute approximate surface area is 92.1 Å². The van der Waals surface area contributed by atoms with Gasteiger partial charge in [0.2, 0.25) is 0 Å². The van der Waals surface area contributed by atoms with Crippen LogP contribution < -0.4 is 0 Å². The van der Waals surface area contributed by atoms with Gasteiger partial charge in [0.1, 0.15) is 5.76 Å². The zero-order chi connectivity index (χ0) is 11.5. The van der Waals surface area contributed by atoms with E-state index >= 15 is 0 Å². The smallest absolute Gasteiger partial charge is 0.155 e. The van der Waals surface area contributed by atoms with Gasteiger partial charge in [0.05, 0.1) is 18.8 Å². The Kier molecular flexibility index (Phi) is 2.95. The highest BCUT2D eigenvalue weighted by Crippen LogP contribution is 2.15. The van der Waals surface area contributed by atoms with Crippen molar-refractivity contribution in [2.24, 2.45) is 0 Å². The van der Waals surface area contributed by atoms with E-state index in [9.17, 15) is 0 Å². The Morgan fingerprint density at radius 3 is 2.81 bits per heavy atom. The second-order valence-electron chi connectivity index (χ2n) is 3.52. The van der Waals surface area contributed by atoms with Gasteiger partial charge in [-0.25, -0.2) is 4.68 Å². The molecule has 0 fully saturated rings. The second kappa shape index (κ2) is 4.40. The van der Waals surface area contributed by atoms with E-state index in [1.165, 1.54) is 0 Å². The predicted molar refractivity (Wildman–Crippen MR) is 53.7 cm³/mol. The van der Waals surface area contributed by atoms with Crippen molar-refractivity contribution in [2.75, 3.05) is 6.61 Å². The summed E-state index contributed by atoms with van der Waals surface area (Å²) in [5.74, 6) is 1.47. The first-order valence-electron chi connectivity index (χ1n) is 5.00. The molecule has 2 aromatic rings. The maximum absolute atomic E-state index is 8.85. The second-order valence-corrected chi connectivity index (χ2v) is 3.52. The van der Waals surface area contributed by atoms with Crippen LogP contribution in [0.3, 0.4) is 0 Å². The maximum Gasteiger partial charge on any atom is 0.155 e. The van der Waals surface area contributed by atoms with Gasteiger partial charge < -0.3 is 9.63 Å². The lowest BCUT2D eigenvalue weighted by Gasteiger charge is -2.01. The van der Waals surface area contributed by atoms with Gasteiger partial charge in [-0.3, -0.25) is 0 Å². The van der Waals surface area contributed by atoms with Crippen molar-refractivity contribution in [1.29, 1.82) is 0 Å². The Balaban J connectivity index is 2.23. The molecule has 0 aliphatic heterocycles. The summed E-state index contributed by atoms with van der Waals surface area (Å²) in [4.78, 5) is 0. The molecular weight excluding hydrogens is 210 g/mol. The lowest BCUT2D eigenvalue weighted by molar-refractivity contribution is 0.266. The molecule has 0 aromatic carbocycles. The van der Waals surface area contributed by atoms with Crippen LogP contribution in [-0.4, -0.2) is 37.1 Å². The van der Waals surface area contributed by atoms with E-state index in [4.69, 9.17) is 9.63 Å². The van der Waals surface area contributed by atoms with Crippen LogP contribution in [0, 0.1) is 13.8 Å². The van der Waals surface area contributed by atoms with Crippen molar-refractivity contribution in [2.45, 2.75) is 26.8 Å². The fourth-order valence-corrected chi connectivity index (χ4v) is 1.53. The number of tetrazole rings is 1. The first-order valence-corrected chi connectivity index (χ1v) is 5.00. The molecule has 2 heterocycles. The van der Waals surface area contributed by atoms with Crippen LogP contribution in [0.2, 0.25) is 0 Å². The molecule has 2 aromatic heterocycles. The van der Waals surface area contributed by atoms with Gasteiger partial charge in [-0.2, -0.15) is 0 Å². The third-order valence-corrected chi connectivity index (χ3v) is 2.43. The fraction of sp³-hybridized carbons (Fsp3) is 0.556. The zero-order valence-electron chi connectivity index (χ0n) is 9.21. The Morgan fingerprint density at radius 2 is 2.19 bits per heavy atom. The summed E-state index contributed by atoms with van der Waals surface area (Å²) in [7, 11) is 0. The number of aromatic nitrogens is 5. The minimum Gasteiger partial charge on any atom is -0.394 e. The van der Waals surface area contributed by atoms with E-state index in [2.05, 4.69) is 20.7 Å². The highest BCUT2D eigenvalue weighted by Gasteiger charge is 2.14. The molecular formula is C9H13N5O2. The normalized spacial score (nSPS) is 10.9. The minimum absolute atomic E-state index is 0.0135. The molecule has 0 spiro atoms. The van der Waals surface area contributed by atoms with Crippen LogP contribution in [0.1, 0.15) is 22.8 Å². The molecule has 0 saturated carbocycles. The highest BCUT2D eigenvalue weighted by molar-refractivity contribution is 5.24. The van der Waals surface area contributed by atoms with Gasteiger partial charge in [0.25, 0.3) is 0 Å². The average molecular weight is 223 g/mol. The highest BCUT2D eigenvalue weighted by atomic mass is 16.5. The molecule has 0 bridgehead atoms. The number of hydrogen-bond donors (Lipinski definition) is 1. The summed E-state index contributed by atoms with van der Waals surface area (Å²) in [6, 6.07) is 0. The Hall–Kier alpha value is -1.76. The quantitative estimate of drug-likeness (QED) is 0.776. The van der Waals surface area contributed by atoms with Gasteiger partial charge in [0.15, 0.2) is 5.82 Å². The van der Waals surface area contributed by atoms with Crippen LogP contribution in [0.15, 0.2) is 4.52 Å². The van der Waals surface area contributed by atoms with Gasteiger partial charge in [0, 0.05) is 12.0 Å². The number of aliphatic hydroxyl groups excluding tert-OH is 1. The molecule has 0 aliphatic carbocycles. The van der Waals surface area contributed by atoms with E-state index in [0.717, 1.165) is 17.0 Å². The van der Waals surface area contributed by atoms with E-state index in [0.29, 0.717) is 18.8 Å². The standard InChI is InChI=1S/C9H13N5O2/c1-6-8(7(2)16-11-6)5-9-10-12-13-14(9)3-4-15/h15H,3-5H2,1-2H3. The predicted octanol–water partition coefficient (Wildman–Crippen LogP) is -0.139. The van der Waals surface area contributed by atoms with E-state index in [1.54, 1.807) is 4.68 Å². The Bertz CT molecular complexity index is 456. The average Bonchev–Trinajstić information content (AvgIpc) is 2.81. The van der Waals surface area contributed by atoms with Crippen LogP contribution in [0.25, 0.3) is 0 Å². The lowest BCUT2D eigenvalue weighted by Crippen LogP contribution is -2.09. The number of aliphatic hydroxyl groups is 1. The third-order valence-electron chi connectivity index (χ3n) is 2.43. The molecule has 0 amide bonds. The van der Waals surface area contributed by atoms with Crippen LogP contribution in [0.4, 0.5) is 0 Å². The topological polar surface area (TPSA) is 89.9 Å². The summed E-state index contributed by atoms with van der Waals surface area (Å²) >= 11 is 0. The molecule has 0 aliphatic rings. The molecule has 2 rings (SSSR count). The Morgan fingerprint density at radius 1 is 1.38 bits per heavy atom. The number of nitrogens with zero attached hydrogens (tertiary/aromatic N) is 5. The van der Waals surface area contributed by atoms with Gasteiger partial charge >= 0.3 is 0 Å². The largest absolute Gasteiger partial charge is 0.394 e. The van der Waals surface area contributed by atoms with Crippen molar-refractivity contribution in [3.05, 3.63) is 22.8 Å². The van der Waals surface area contributed by atoms with Crippen LogP contribution in [0.5, 0.6) is 0 Å². The molecule has 0 atom stereocenters. The third kappa shape index (κ3) is 1.94. The van der Waals surface area contributed by atoms with Gasteiger partial charge in [-0.05, 0) is 24.3 Å². The number of hydrogen-bond acceptors (Lipinski definition) is 6. The molecule has 7 heteroatoms. The van der Waals surface area contributed by atoms with E-state index in [-0.39, 0.29) is 6.61 Å². The first-order chi connectivity index (χ1) is 7.72. The van der Waals surface area contributed by atoms with Crippen molar-refractivity contribution in [3.63, 3.8) is 0 Å². The SMILES string of the molecule is Cc1noc(C)c1Cc1nnnn1CCO. The van der Waals surface area contributed by atoms with E-state index in [1.807, 2.05) is 13.8 Å². The molecule has 0 radical (unpaired) electrons. The summed E-state index contributed by atoms with van der Waals surface area (Å²) in [5.41, 5.74) is 1.84.